The van der Waals surface area contributed by atoms with Crippen molar-refractivity contribution in [2.45, 2.75) is 11.8 Å². The number of sulfonamides is 1. The molecular formula is C11H9Br2N3O2S. The van der Waals surface area contributed by atoms with Gasteiger partial charge in [-0.3, -0.25) is 4.72 Å². The van der Waals surface area contributed by atoms with Crippen molar-refractivity contribution >= 4 is 47.6 Å². The number of rotatable bonds is 3. The average molecular weight is 407 g/mol. The molecule has 19 heavy (non-hydrogen) atoms. The van der Waals surface area contributed by atoms with Crippen LogP contribution in [0, 0.1) is 6.92 Å². The first-order valence-corrected chi connectivity index (χ1v) is 8.20. The third-order valence-electron chi connectivity index (χ3n) is 2.32. The number of hydrogen-bond donors (Lipinski definition) is 1. The molecule has 0 unspecified atom stereocenters. The molecule has 0 spiro atoms. The maximum Gasteiger partial charge on any atom is 0.263 e. The number of aryl methyl sites for hydroxylation is 1. The lowest BCUT2D eigenvalue weighted by atomic mass is 10.2. The van der Waals surface area contributed by atoms with E-state index in [4.69, 9.17) is 0 Å². The molecule has 0 fully saturated rings. The maximum atomic E-state index is 12.3. The van der Waals surface area contributed by atoms with Crippen molar-refractivity contribution < 1.29 is 8.42 Å². The lowest BCUT2D eigenvalue weighted by molar-refractivity contribution is 0.600. The summed E-state index contributed by atoms with van der Waals surface area (Å²) in [7, 11) is -3.69. The standard InChI is InChI=1S/C11H9Br2N3O2S/c1-7-2-10(13)11(3-9(7)12)19(17,18)16-8-4-14-6-15-5-8/h2-6,16H,1H3. The van der Waals surface area contributed by atoms with E-state index in [1.54, 1.807) is 12.1 Å². The molecule has 0 aliphatic rings. The third kappa shape index (κ3) is 3.31. The van der Waals surface area contributed by atoms with Gasteiger partial charge in [-0.05, 0) is 40.5 Å². The third-order valence-corrected chi connectivity index (χ3v) is 5.51. The first kappa shape index (κ1) is 14.4. The lowest BCUT2D eigenvalue weighted by Crippen LogP contribution is -2.14. The summed E-state index contributed by atoms with van der Waals surface area (Å²) in [6, 6.07) is 3.28. The Morgan fingerprint density at radius 2 is 1.74 bits per heavy atom. The van der Waals surface area contributed by atoms with E-state index in [1.807, 2.05) is 6.92 Å². The van der Waals surface area contributed by atoms with E-state index in [1.165, 1.54) is 18.7 Å². The molecule has 0 aliphatic heterocycles. The number of halogens is 2. The molecule has 1 aromatic heterocycles. The number of hydrogen-bond acceptors (Lipinski definition) is 4. The van der Waals surface area contributed by atoms with Crippen molar-refractivity contribution in [3.63, 3.8) is 0 Å². The van der Waals surface area contributed by atoms with Crippen LogP contribution in [0.4, 0.5) is 5.69 Å². The zero-order valence-corrected chi connectivity index (χ0v) is 13.8. The van der Waals surface area contributed by atoms with Gasteiger partial charge in [0, 0.05) is 8.95 Å². The zero-order valence-electron chi connectivity index (χ0n) is 9.76. The van der Waals surface area contributed by atoms with Crippen molar-refractivity contribution in [2.24, 2.45) is 0 Å². The summed E-state index contributed by atoms with van der Waals surface area (Å²) in [6.45, 7) is 1.88. The highest BCUT2D eigenvalue weighted by Crippen LogP contribution is 2.29. The Balaban J connectivity index is 2.43. The number of nitrogens with zero attached hydrogens (tertiary/aromatic N) is 2. The van der Waals surface area contributed by atoms with Crippen LogP contribution in [0.25, 0.3) is 0 Å². The van der Waals surface area contributed by atoms with E-state index in [0.29, 0.717) is 10.2 Å². The molecular weight excluding hydrogens is 398 g/mol. The predicted molar refractivity (Wildman–Crippen MR) is 79.4 cm³/mol. The van der Waals surface area contributed by atoms with Crippen LogP contribution < -0.4 is 4.72 Å². The first-order chi connectivity index (χ1) is 8.90. The van der Waals surface area contributed by atoms with Gasteiger partial charge in [-0.25, -0.2) is 18.4 Å². The molecule has 0 aliphatic carbocycles. The van der Waals surface area contributed by atoms with Gasteiger partial charge in [-0.15, -0.1) is 0 Å². The van der Waals surface area contributed by atoms with Crippen molar-refractivity contribution in [3.05, 3.63) is 45.4 Å². The topological polar surface area (TPSA) is 72.0 Å². The van der Waals surface area contributed by atoms with Crippen LogP contribution in [0.5, 0.6) is 0 Å². The largest absolute Gasteiger partial charge is 0.276 e. The van der Waals surface area contributed by atoms with E-state index in [0.717, 1.165) is 10.0 Å². The summed E-state index contributed by atoms with van der Waals surface area (Å²) in [5.74, 6) is 0. The number of benzene rings is 1. The summed E-state index contributed by atoms with van der Waals surface area (Å²) < 4.78 is 28.2. The van der Waals surface area contributed by atoms with E-state index < -0.39 is 10.0 Å². The van der Waals surface area contributed by atoms with Gasteiger partial charge in [0.05, 0.1) is 18.1 Å². The second-order valence-corrected chi connectivity index (χ2v) is 7.12. The van der Waals surface area contributed by atoms with Crippen molar-refractivity contribution in [1.29, 1.82) is 0 Å². The molecule has 5 nitrogen and oxygen atoms in total. The molecule has 0 atom stereocenters. The van der Waals surface area contributed by atoms with E-state index >= 15 is 0 Å². The fourth-order valence-electron chi connectivity index (χ4n) is 1.40. The second kappa shape index (κ2) is 5.56. The van der Waals surface area contributed by atoms with Crippen LogP contribution in [0.15, 0.2) is 44.7 Å². The van der Waals surface area contributed by atoms with Crippen LogP contribution in [0.1, 0.15) is 5.56 Å². The summed E-state index contributed by atoms with van der Waals surface area (Å²) in [6.07, 6.45) is 4.11. The van der Waals surface area contributed by atoms with E-state index in [2.05, 4.69) is 46.5 Å². The Labute approximate surface area is 127 Å². The monoisotopic (exact) mass is 405 g/mol. The lowest BCUT2D eigenvalue weighted by Gasteiger charge is -2.10. The first-order valence-electron chi connectivity index (χ1n) is 5.13. The molecule has 1 N–H and O–H groups in total. The highest BCUT2D eigenvalue weighted by atomic mass is 79.9. The molecule has 8 heteroatoms. The van der Waals surface area contributed by atoms with Crippen molar-refractivity contribution in [1.82, 2.24) is 9.97 Å². The molecule has 0 saturated heterocycles. The molecule has 0 saturated carbocycles. The minimum Gasteiger partial charge on any atom is -0.276 e. The normalized spacial score (nSPS) is 11.3. The summed E-state index contributed by atoms with van der Waals surface area (Å²) in [4.78, 5) is 7.66. The Hall–Kier alpha value is -0.990. The van der Waals surface area contributed by atoms with E-state index in [9.17, 15) is 8.42 Å². The molecule has 0 bridgehead atoms. The summed E-state index contributed by atoms with van der Waals surface area (Å²) in [5, 5.41) is 0. The van der Waals surface area contributed by atoms with Crippen molar-refractivity contribution in [3.8, 4) is 0 Å². The molecule has 2 aromatic rings. The smallest absolute Gasteiger partial charge is 0.263 e. The van der Waals surface area contributed by atoms with Gasteiger partial charge in [0.2, 0.25) is 0 Å². The quantitative estimate of drug-likeness (QED) is 0.849. The Bertz CT molecular complexity index is 705. The van der Waals surface area contributed by atoms with Crippen LogP contribution in [0.2, 0.25) is 0 Å². The minimum absolute atomic E-state index is 0.147. The molecule has 1 heterocycles. The Morgan fingerprint density at radius 3 is 2.37 bits per heavy atom. The molecule has 1 aromatic carbocycles. The SMILES string of the molecule is Cc1cc(Br)c(S(=O)(=O)Nc2cncnc2)cc1Br. The highest BCUT2D eigenvalue weighted by molar-refractivity contribution is 9.11. The fraction of sp³-hybridized carbons (Fsp3) is 0.0909. The molecule has 2 rings (SSSR count). The predicted octanol–water partition coefficient (Wildman–Crippen LogP) is 3.11. The second-order valence-electron chi connectivity index (χ2n) is 3.76. The Kier molecular flexibility index (Phi) is 4.22. The van der Waals surface area contributed by atoms with Crippen molar-refractivity contribution in [2.75, 3.05) is 4.72 Å². The number of nitrogens with one attached hydrogen (secondary N) is 1. The van der Waals surface area contributed by atoms with Crippen LogP contribution >= 0.6 is 31.9 Å². The molecule has 0 amide bonds. The van der Waals surface area contributed by atoms with E-state index in [-0.39, 0.29) is 4.90 Å². The summed E-state index contributed by atoms with van der Waals surface area (Å²) >= 11 is 6.58. The maximum absolute atomic E-state index is 12.3. The van der Waals surface area contributed by atoms with Crippen LogP contribution in [-0.2, 0) is 10.0 Å². The minimum atomic E-state index is -3.69. The fourth-order valence-corrected chi connectivity index (χ4v) is 4.10. The van der Waals surface area contributed by atoms with Gasteiger partial charge in [-0.2, -0.15) is 0 Å². The molecule has 0 radical (unpaired) electrons. The number of anilines is 1. The van der Waals surface area contributed by atoms with Crippen LogP contribution in [0.3, 0.4) is 0 Å². The van der Waals surface area contributed by atoms with Gasteiger partial charge < -0.3 is 0 Å². The highest BCUT2D eigenvalue weighted by Gasteiger charge is 2.19. The number of aromatic nitrogens is 2. The van der Waals surface area contributed by atoms with Gasteiger partial charge >= 0.3 is 0 Å². The average Bonchev–Trinajstić information content (AvgIpc) is 2.34. The molecule has 100 valence electrons. The van der Waals surface area contributed by atoms with Gasteiger partial charge in [-0.1, -0.05) is 15.9 Å². The zero-order chi connectivity index (χ0) is 14.0. The van der Waals surface area contributed by atoms with Gasteiger partial charge in [0.1, 0.15) is 11.2 Å². The summed E-state index contributed by atoms with van der Waals surface area (Å²) in [5.41, 5.74) is 1.25. The van der Waals surface area contributed by atoms with Crippen LogP contribution in [-0.4, -0.2) is 18.4 Å². The van der Waals surface area contributed by atoms with Gasteiger partial charge in [0.25, 0.3) is 10.0 Å². The Morgan fingerprint density at radius 1 is 1.11 bits per heavy atom. The van der Waals surface area contributed by atoms with Gasteiger partial charge in [0.15, 0.2) is 0 Å².